The Morgan fingerprint density at radius 2 is 2.04 bits per heavy atom. The molecule has 3 rings (SSSR count). The highest BCUT2D eigenvalue weighted by Gasteiger charge is 2.26. The monoisotopic (exact) mass is 346 g/mol. The number of piperazine rings is 1. The second-order valence-corrected chi connectivity index (χ2v) is 6.59. The Balaban J connectivity index is 1.57. The number of amides is 1. The SMILES string of the molecule is COc1ccccc1N1CCN([C@@H](C)C(=O)Nc2nccs2)CC1. The molecular weight excluding hydrogens is 324 g/mol. The topological polar surface area (TPSA) is 57.7 Å². The van der Waals surface area contributed by atoms with Crippen LogP contribution in [0.5, 0.6) is 5.75 Å². The lowest BCUT2D eigenvalue weighted by Gasteiger charge is -2.38. The van der Waals surface area contributed by atoms with Crippen LogP contribution < -0.4 is 15.0 Å². The average molecular weight is 346 g/mol. The standard InChI is InChI=1S/C17H22N4O2S/c1-13(16(22)19-17-18-7-12-24-17)20-8-10-21(11-9-20)14-5-3-4-6-15(14)23-2/h3-7,12-13H,8-11H2,1-2H3,(H,18,19,22)/t13-/m0/s1. The molecule has 2 aromatic rings. The van der Waals surface area contributed by atoms with E-state index in [0.717, 1.165) is 37.6 Å². The van der Waals surface area contributed by atoms with E-state index >= 15 is 0 Å². The van der Waals surface area contributed by atoms with Gasteiger partial charge in [0.2, 0.25) is 5.91 Å². The van der Waals surface area contributed by atoms with Gasteiger partial charge in [0.25, 0.3) is 0 Å². The zero-order valence-corrected chi connectivity index (χ0v) is 14.8. The van der Waals surface area contributed by atoms with E-state index in [1.54, 1.807) is 13.3 Å². The van der Waals surface area contributed by atoms with Gasteiger partial charge in [0.05, 0.1) is 18.8 Å². The summed E-state index contributed by atoms with van der Waals surface area (Å²) in [6.07, 6.45) is 1.69. The summed E-state index contributed by atoms with van der Waals surface area (Å²) in [6.45, 7) is 5.36. The summed E-state index contributed by atoms with van der Waals surface area (Å²) in [5.41, 5.74) is 1.11. The number of rotatable bonds is 5. The third-order valence-electron chi connectivity index (χ3n) is 4.33. The van der Waals surface area contributed by atoms with Crippen LogP contribution in [0.2, 0.25) is 0 Å². The fourth-order valence-electron chi connectivity index (χ4n) is 2.90. The van der Waals surface area contributed by atoms with Gasteiger partial charge in [0.15, 0.2) is 5.13 Å². The Labute approximate surface area is 146 Å². The van der Waals surface area contributed by atoms with E-state index in [9.17, 15) is 4.79 Å². The lowest BCUT2D eigenvalue weighted by molar-refractivity contribution is -0.120. The molecule has 1 aliphatic rings. The molecule has 1 aromatic carbocycles. The van der Waals surface area contributed by atoms with E-state index in [2.05, 4.69) is 26.2 Å². The predicted octanol–water partition coefficient (Wildman–Crippen LogP) is 2.30. The van der Waals surface area contributed by atoms with Crippen LogP contribution in [0, 0.1) is 0 Å². The number of carbonyl (C=O) groups excluding carboxylic acids is 1. The molecule has 7 heteroatoms. The summed E-state index contributed by atoms with van der Waals surface area (Å²) in [7, 11) is 1.69. The molecule has 0 unspecified atom stereocenters. The molecule has 128 valence electrons. The van der Waals surface area contributed by atoms with E-state index in [1.807, 2.05) is 30.5 Å². The van der Waals surface area contributed by atoms with Gasteiger partial charge in [-0.2, -0.15) is 0 Å². The van der Waals surface area contributed by atoms with E-state index in [1.165, 1.54) is 11.3 Å². The van der Waals surface area contributed by atoms with Gasteiger partial charge >= 0.3 is 0 Å². The van der Waals surface area contributed by atoms with Gasteiger partial charge in [0.1, 0.15) is 5.75 Å². The number of carbonyl (C=O) groups is 1. The molecule has 0 saturated carbocycles. The molecule has 1 N–H and O–H groups in total. The van der Waals surface area contributed by atoms with Gasteiger partial charge in [-0.15, -0.1) is 11.3 Å². The highest BCUT2D eigenvalue weighted by atomic mass is 32.1. The number of anilines is 2. The van der Waals surface area contributed by atoms with Gasteiger partial charge in [-0.1, -0.05) is 12.1 Å². The highest BCUT2D eigenvalue weighted by molar-refractivity contribution is 7.13. The van der Waals surface area contributed by atoms with Crippen LogP contribution >= 0.6 is 11.3 Å². The Morgan fingerprint density at radius 3 is 2.71 bits per heavy atom. The third-order valence-corrected chi connectivity index (χ3v) is 5.02. The maximum atomic E-state index is 12.3. The van der Waals surface area contributed by atoms with Gasteiger partial charge < -0.3 is 15.0 Å². The van der Waals surface area contributed by atoms with Crippen molar-refractivity contribution in [1.82, 2.24) is 9.88 Å². The minimum Gasteiger partial charge on any atom is -0.495 e. The Morgan fingerprint density at radius 1 is 1.29 bits per heavy atom. The largest absolute Gasteiger partial charge is 0.495 e. The minimum atomic E-state index is -0.172. The summed E-state index contributed by atoms with van der Waals surface area (Å²) in [6, 6.07) is 7.88. The molecule has 6 nitrogen and oxygen atoms in total. The molecule has 0 spiro atoms. The third kappa shape index (κ3) is 3.68. The Kier molecular flexibility index (Phi) is 5.32. The normalized spacial score (nSPS) is 16.7. The molecule has 0 aliphatic carbocycles. The van der Waals surface area contributed by atoms with Crippen LogP contribution in [-0.4, -0.2) is 55.1 Å². The van der Waals surface area contributed by atoms with Gasteiger partial charge in [-0.05, 0) is 19.1 Å². The second-order valence-electron chi connectivity index (χ2n) is 5.70. The molecule has 1 aromatic heterocycles. The van der Waals surface area contributed by atoms with Crippen molar-refractivity contribution >= 4 is 28.1 Å². The van der Waals surface area contributed by atoms with E-state index in [0.29, 0.717) is 5.13 Å². The number of thiazole rings is 1. The molecule has 1 saturated heterocycles. The number of para-hydroxylation sites is 2. The summed E-state index contributed by atoms with van der Waals surface area (Å²) >= 11 is 1.43. The van der Waals surface area contributed by atoms with E-state index in [-0.39, 0.29) is 11.9 Å². The van der Waals surface area contributed by atoms with Crippen LogP contribution in [-0.2, 0) is 4.79 Å². The predicted molar refractivity (Wildman–Crippen MR) is 97.0 cm³/mol. The number of hydrogen-bond donors (Lipinski definition) is 1. The van der Waals surface area contributed by atoms with Crippen molar-refractivity contribution in [2.24, 2.45) is 0 Å². The Bertz CT molecular complexity index is 669. The van der Waals surface area contributed by atoms with Crippen LogP contribution in [0.1, 0.15) is 6.92 Å². The average Bonchev–Trinajstić information content (AvgIpc) is 3.14. The van der Waals surface area contributed by atoms with Crippen molar-refractivity contribution in [3.8, 4) is 5.75 Å². The van der Waals surface area contributed by atoms with Gasteiger partial charge in [-0.25, -0.2) is 4.98 Å². The van der Waals surface area contributed by atoms with Crippen molar-refractivity contribution in [2.75, 3.05) is 43.5 Å². The van der Waals surface area contributed by atoms with E-state index in [4.69, 9.17) is 4.74 Å². The first-order chi connectivity index (χ1) is 11.7. The zero-order valence-electron chi connectivity index (χ0n) is 13.9. The quantitative estimate of drug-likeness (QED) is 0.900. The fraction of sp³-hybridized carbons (Fsp3) is 0.412. The summed E-state index contributed by atoms with van der Waals surface area (Å²) < 4.78 is 5.44. The first-order valence-electron chi connectivity index (χ1n) is 8.01. The number of aromatic nitrogens is 1. The van der Waals surface area contributed by atoms with Crippen molar-refractivity contribution in [3.63, 3.8) is 0 Å². The Hall–Kier alpha value is -2.12. The lowest BCUT2D eigenvalue weighted by atomic mass is 10.2. The lowest BCUT2D eigenvalue weighted by Crippen LogP contribution is -2.52. The molecule has 1 fully saturated rings. The first-order valence-corrected chi connectivity index (χ1v) is 8.89. The molecule has 0 bridgehead atoms. The molecule has 1 atom stereocenters. The minimum absolute atomic E-state index is 0.00399. The maximum Gasteiger partial charge on any atom is 0.243 e. The van der Waals surface area contributed by atoms with Crippen molar-refractivity contribution in [2.45, 2.75) is 13.0 Å². The summed E-state index contributed by atoms with van der Waals surface area (Å²) in [4.78, 5) is 21.0. The molecule has 1 amide bonds. The van der Waals surface area contributed by atoms with E-state index < -0.39 is 0 Å². The molecule has 1 aliphatic heterocycles. The molecule has 0 radical (unpaired) electrons. The van der Waals surface area contributed by atoms with Crippen LogP contribution in [0.25, 0.3) is 0 Å². The maximum absolute atomic E-state index is 12.3. The zero-order chi connectivity index (χ0) is 16.9. The summed E-state index contributed by atoms with van der Waals surface area (Å²) in [5, 5.41) is 5.38. The summed E-state index contributed by atoms with van der Waals surface area (Å²) in [5.74, 6) is 0.885. The van der Waals surface area contributed by atoms with Crippen molar-refractivity contribution in [1.29, 1.82) is 0 Å². The first kappa shape index (κ1) is 16.7. The van der Waals surface area contributed by atoms with Crippen molar-refractivity contribution < 1.29 is 9.53 Å². The molecular formula is C17H22N4O2S. The van der Waals surface area contributed by atoms with Gasteiger partial charge in [-0.3, -0.25) is 9.69 Å². The van der Waals surface area contributed by atoms with Crippen LogP contribution in [0.4, 0.5) is 10.8 Å². The fourth-order valence-corrected chi connectivity index (χ4v) is 3.43. The van der Waals surface area contributed by atoms with Crippen LogP contribution in [0.3, 0.4) is 0 Å². The van der Waals surface area contributed by atoms with Crippen LogP contribution in [0.15, 0.2) is 35.8 Å². The number of ether oxygens (including phenoxy) is 1. The molecule has 24 heavy (non-hydrogen) atoms. The smallest absolute Gasteiger partial charge is 0.243 e. The number of methoxy groups -OCH3 is 1. The molecule has 2 heterocycles. The number of hydrogen-bond acceptors (Lipinski definition) is 6. The number of nitrogens with zero attached hydrogens (tertiary/aromatic N) is 3. The van der Waals surface area contributed by atoms with Gasteiger partial charge in [0, 0.05) is 37.8 Å². The second kappa shape index (κ2) is 7.63. The highest BCUT2D eigenvalue weighted by Crippen LogP contribution is 2.28. The number of nitrogens with one attached hydrogen (secondary N) is 1. The number of benzene rings is 1. The van der Waals surface area contributed by atoms with Crippen molar-refractivity contribution in [3.05, 3.63) is 35.8 Å².